The fourth-order valence-electron chi connectivity index (χ4n) is 2.53. The van der Waals surface area contributed by atoms with Gasteiger partial charge in [0.1, 0.15) is 23.9 Å². The second-order valence-corrected chi connectivity index (χ2v) is 9.96. The average Bonchev–Trinajstić information content (AvgIpc) is 2.55. The van der Waals surface area contributed by atoms with Crippen LogP contribution in [0.2, 0.25) is 0 Å². The van der Waals surface area contributed by atoms with Crippen LogP contribution in [0.3, 0.4) is 0 Å². The lowest BCUT2D eigenvalue weighted by Gasteiger charge is -2.34. The van der Waals surface area contributed by atoms with E-state index in [1.165, 1.54) is 13.8 Å². The number of benzene rings is 1. The third-order valence-corrected chi connectivity index (χ3v) is 3.68. The minimum Gasteiger partial charge on any atom is -0.459 e. The molecule has 0 fully saturated rings. The Kier molecular flexibility index (Phi) is 8.64. The van der Waals surface area contributed by atoms with Gasteiger partial charge < -0.3 is 19.3 Å². The Bertz CT molecular complexity index is 727. The molecule has 0 aliphatic rings. The van der Waals surface area contributed by atoms with E-state index in [9.17, 15) is 19.5 Å². The molecular weight excluding hydrogens is 402 g/mol. The number of ether oxygens (including phenoxy) is 3. The fraction of sp³-hybridized carbons (Fsp3) is 0.609. The van der Waals surface area contributed by atoms with E-state index in [1.54, 1.807) is 65.8 Å². The fourth-order valence-corrected chi connectivity index (χ4v) is 2.53. The van der Waals surface area contributed by atoms with Crippen molar-refractivity contribution in [2.75, 3.05) is 0 Å². The summed E-state index contributed by atoms with van der Waals surface area (Å²) in [6, 6.07) is 7.52. The van der Waals surface area contributed by atoms with Gasteiger partial charge in [0, 0.05) is 6.42 Å². The standard InChI is InChI=1S/C23H35NO7/c1-21(2,3)30-19(26)24(20(27)31-22(4,5)6)17(14-23(7,8)28)18(25)29-15-16-12-10-9-11-13-16/h9-13,17,28H,14-15H2,1-8H3. The summed E-state index contributed by atoms with van der Waals surface area (Å²) in [4.78, 5) is 39.4. The van der Waals surface area contributed by atoms with Crippen LogP contribution < -0.4 is 0 Å². The molecule has 1 atom stereocenters. The maximum atomic E-state index is 13.0. The van der Waals surface area contributed by atoms with Gasteiger partial charge in [-0.05, 0) is 61.0 Å². The summed E-state index contributed by atoms with van der Waals surface area (Å²) >= 11 is 0. The van der Waals surface area contributed by atoms with Crippen LogP contribution in [0.25, 0.3) is 0 Å². The predicted molar refractivity (Wildman–Crippen MR) is 115 cm³/mol. The molecule has 31 heavy (non-hydrogen) atoms. The van der Waals surface area contributed by atoms with Crippen molar-refractivity contribution in [1.29, 1.82) is 0 Å². The van der Waals surface area contributed by atoms with Gasteiger partial charge in [0.05, 0.1) is 5.60 Å². The molecule has 0 saturated carbocycles. The Hall–Kier alpha value is -2.61. The summed E-state index contributed by atoms with van der Waals surface area (Å²) in [5, 5.41) is 10.4. The molecule has 0 aliphatic heterocycles. The first kappa shape index (κ1) is 26.4. The summed E-state index contributed by atoms with van der Waals surface area (Å²) in [7, 11) is 0. The molecule has 8 heteroatoms. The number of carbonyl (C=O) groups is 3. The average molecular weight is 438 g/mol. The van der Waals surface area contributed by atoms with Crippen molar-refractivity contribution in [3.05, 3.63) is 35.9 Å². The molecule has 0 aliphatic carbocycles. The first-order valence-electron chi connectivity index (χ1n) is 10.2. The van der Waals surface area contributed by atoms with Crippen LogP contribution in [0, 0.1) is 0 Å². The molecule has 8 nitrogen and oxygen atoms in total. The van der Waals surface area contributed by atoms with Crippen LogP contribution in [0.5, 0.6) is 0 Å². The highest BCUT2D eigenvalue weighted by Gasteiger charge is 2.43. The molecule has 0 aromatic heterocycles. The number of carbonyl (C=O) groups excluding carboxylic acids is 3. The second-order valence-electron chi connectivity index (χ2n) is 9.96. The van der Waals surface area contributed by atoms with Gasteiger partial charge in [0.25, 0.3) is 0 Å². The van der Waals surface area contributed by atoms with E-state index in [1.807, 2.05) is 6.07 Å². The molecule has 1 N–H and O–H groups in total. The maximum absolute atomic E-state index is 13.0. The summed E-state index contributed by atoms with van der Waals surface area (Å²) in [6.45, 7) is 12.7. The van der Waals surface area contributed by atoms with E-state index in [2.05, 4.69) is 0 Å². The van der Waals surface area contributed by atoms with Gasteiger partial charge in [0.15, 0.2) is 0 Å². The lowest BCUT2D eigenvalue weighted by Crippen LogP contribution is -2.54. The minimum atomic E-state index is -1.45. The molecule has 0 bridgehead atoms. The van der Waals surface area contributed by atoms with E-state index in [0.29, 0.717) is 4.90 Å². The maximum Gasteiger partial charge on any atom is 0.420 e. The van der Waals surface area contributed by atoms with E-state index in [-0.39, 0.29) is 13.0 Å². The van der Waals surface area contributed by atoms with Crippen molar-refractivity contribution < 1.29 is 33.7 Å². The van der Waals surface area contributed by atoms with Crippen LogP contribution in [-0.4, -0.2) is 51.0 Å². The van der Waals surface area contributed by atoms with Crippen molar-refractivity contribution in [3.63, 3.8) is 0 Å². The van der Waals surface area contributed by atoms with Gasteiger partial charge in [-0.25, -0.2) is 14.4 Å². The molecular formula is C23H35NO7. The molecule has 0 heterocycles. The van der Waals surface area contributed by atoms with Gasteiger partial charge in [-0.2, -0.15) is 4.90 Å². The summed E-state index contributed by atoms with van der Waals surface area (Å²) in [6.07, 6.45) is -2.39. The van der Waals surface area contributed by atoms with Gasteiger partial charge >= 0.3 is 18.2 Å². The van der Waals surface area contributed by atoms with Crippen molar-refractivity contribution in [3.8, 4) is 0 Å². The van der Waals surface area contributed by atoms with Crippen LogP contribution in [0.15, 0.2) is 30.3 Å². The first-order valence-corrected chi connectivity index (χ1v) is 10.2. The van der Waals surface area contributed by atoms with E-state index in [0.717, 1.165) is 5.56 Å². The van der Waals surface area contributed by atoms with Crippen molar-refractivity contribution >= 4 is 18.2 Å². The number of hydrogen-bond donors (Lipinski definition) is 1. The molecule has 0 spiro atoms. The monoisotopic (exact) mass is 437 g/mol. The van der Waals surface area contributed by atoms with Gasteiger partial charge in [-0.15, -0.1) is 0 Å². The predicted octanol–water partition coefficient (Wildman–Crippen LogP) is 4.43. The second kappa shape index (κ2) is 10.1. The quantitative estimate of drug-likeness (QED) is 0.519. The Morgan fingerprint density at radius 2 is 1.32 bits per heavy atom. The number of rotatable bonds is 6. The molecule has 174 valence electrons. The zero-order valence-electron chi connectivity index (χ0n) is 19.7. The highest BCUT2D eigenvalue weighted by Crippen LogP contribution is 2.23. The molecule has 0 radical (unpaired) electrons. The van der Waals surface area contributed by atoms with Crippen molar-refractivity contribution in [1.82, 2.24) is 4.90 Å². The molecule has 0 saturated heterocycles. The number of esters is 1. The Morgan fingerprint density at radius 3 is 1.71 bits per heavy atom. The van der Waals surface area contributed by atoms with Gasteiger partial charge in [-0.3, -0.25) is 0 Å². The number of amides is 2. The molecule has 1 unspecified atom stereocenters. The lowest BCUT2D eigenvalue weighted by molar-refractivity contribution is -0.153. The van der Waals surface area contributed by atoms with E-state index >= 15 is 0 Å². The van der Waals surface area contributed by atoms with Crippen molar-refractivity contribution in [2.24, 2.45) is 0 Å². The Morgan fingerprint density at radius 1 is 0.871 bits per heavy atom. The molecule has 1 aromatic rings. The van der Waals surface area contributed by atoms with Crippen LogP contribution in [0.1, 0.15) is 67.4 Å². The summed E-state index contributed by atoms with van der Waals surface area (Å²) in [5.41, 5.74) is -2.51. The Balaban J connectivity index is 3.26. The molecule has 1 aromatic carbocycles. The lowest BCUT2D eigenvalue weighted by atomic mass is 9.98. The number of imide groups is 1. The topological polar surface area (TPSA) is 102 Å². The number of aliphatic hydroxyl groups is 1. The summed E-state index contributed by atoms with van der Waals surface area (Å²) in [5.74, 6) is -0.859. The zero-order valence-corrected chi connectivity index (χ0v) is 19.7. The number of nitrogens with zero attached hydrogens (tertiary/aromatic N) is 1. The molecule has 1 rings (SSSR count). The first-order chi connectivity index (χ1) is 14.0. The SMILES string of the molecule is CC(C)(O)CC(C(=O)OCc1ccccc1)N(C(=O)OC(C)(C)C)C(=O)OC(C)(C)C. The third-order valence-electron chi connectivity index (χ3n) is 3.68. The summed E-state index contributed by atoms with van der Waals surface area (Å²) < 4.78 is 16.1. The normalized spacial score (nSPS) is 13.2. The Labute approximate surface area is 184 Å². The highest BCUT2D eigenvalue weighted by molar-refractivity contribution is 5.94. The van der Waals surface area contributed by atoms with E-state index < -0.39 is 41.0 Å². The van der Waals surface area contributed by atoms with E-state index in [4.69, 9.17) is 14.2 Å². The molecule has 2 amide bonds. The number of hydrogen-bond acceptors (Lipinski definition) is 7. The van der Waals surface area contributed by atoms with Crippen molar-refractivity contribution in [2.45, 2.75) is 91.3 Å². The highest BCUT2D eigenvalue weighted by atomic mass is 16.6. The largest absolute Gasteiger partial charge is 0.459 e. The smallest absolute Gasteiger partial charge is 0.420 e. The van der Waals surface area contributed by atoms with Crippen LogP contribution >= 0.6 is 0 Å². The third kappa shape index (κ3) is 10.3. The zero-order chi connectivity index (χ0) is 24.0. The van der Waals surface area contributed by atoms with Gasteiger partial charge in [0.2, 0.25) is 0 Å². The van der Waals surface area contributed by atoms with Crippen LogP contribution in [0.4, 0.5) is 9.59 Å². The van der Waals surface area contributed by atoms with Crippen LogP contribution in [-0.2, 0) is 25.6 Å². The van der Waals surface area contributed by atoms with Gasteiger partial charge in [-0.1, -0.05) is 30.3 Å². The minimum absolute atomic E-state index is 0.0570.